The first-order valence-corrected chi connectivity index (χ1v) is 10.1. The maximum atomic E-state index is 12.7. The Morgan fingerprint density at radius 1 is 0.871 bits per heavy atom. The van der Waals surface area contributed by atoms with E-state index in [4.69, 9.17) is 4.74 Å². The van der Waals surface area contributed by atoms with Gasteiger partial charge in [-0.15, -0.1) is 0 Å². The van der Waals surface area contributed by atoms with Gasteiger partial charge in [-0.1, -0.05) is 42.5 Å². The SMILES string of the molecule is CCN(Cc1ccc(OCc2ccccc2)cc1)C(=O)CN1C(=O)C(=O)N(CC)C1=O. The number of urea groups is 1. The summed E-state index contributed by atoms with van der Waals surface area (Å²) >= 11 is 0. The molecule has 0 N–H and O–H groups in total. The minimum absolute atomic E-state index is 0.0876. The third-order valence-corrected chi connectivity index (χ3v) is 5.02. The van der Waals surface area contributed by atoms with Crippen LogP contribution >= 0.6 is 0 Å². The Kier molecular flexibility index (Phi) is 7.02. The van der Waals surface area contributed by atoms with E-state index in [0.717, 1.165) is 16.0 Å². The zero-order valence-electron chi connectivity index (χ0n) is 17.6. The van der Waals surface area contributed by atoms with Gasteiger partial charge in [0.2, 0.25) is 5.91 Å². The zero-order chi connectivity index (χ0) is 22.4. The molecule has 3 rings (SSSR count). The average Bonchev–Trinajstić information content (AvgIpc) is 3.00. The Morgan fingerprint density at radius 2 is 1.52 bits per heavy atom. The lowest BCUT2D eigenvalue weighted by atomic mass is 10.2. The molecule has 5 amide bonds. The van der Waals surface area contributed by atoms with Gasteiger partial charge in [0.05, 0.1) is 0 Å². The second kappa shape index (κ2) is 9.88. The molecule has 2 aromatic rings. The fourth-order valence-electron chi connectivity index (χ4n) is 3.23. The Labute approximate surface area is 181 Å². The number of amides is 5. The van der Waals surface area contributed by atoms with Crippen LogP contribution in [0, 0.1) is 0 Å². The highest BCUT2D eigenvalue weighted by atomic mass is 16.5. The third-order valence-electron chi connectivity index (χ3n) is 5.02. The smallest absolute Gasteiger partial charge is 0.334 e. The van der Waals surface area contributed by atoms with E-state index >= 15 is 0 Å². The van der Waals surface area contributed by atoms with E-state index in [0.29, 0.717) is 30.3 Å². The van der Waals surface area contributed by atoms with Crippen LogP contribution in [0.15, 0.2) is 54.6 Å². The molecule has 0 radical (unpaired) electrons. The van der Waals surface area contributed by atoms with Crippen LogP contribution in [0.25, 0.3) is 0 Å². The minimum atomic E-state index is -0.962. The van der Waals surface area contributed by atoms with Crippen LogP contribution in [-0.2, 0) is 27.5 Å². The monoisotopic (exact) mass is 423 g/mol. The summed E-state index contributed by atoms with van der Waals surface area (Å²) in [6.45, 7) is 4.22. The van der Waals surface area contributed by atoms with Gasteiger partial charge in [0.1, 0.15) is 18.9 Å². The van der Waals surface area contributed by atoms with Crippen LogP contribution in [0.5, 0.6) is 5.75 Å². The van der Waals surface area contributed by atoms with Crippen molar-refractivity contribution in [2.75, 3.05) is 19.6 Å². The van der Waals surface area contributed by atoms with Crippen molar-refractivity contribution < 1.29 is 23.9 Å². The van der Waals surface area contributed by atoms with Gasteiger partial charge in [-0.25, -0.2) is 9.69 Å². The van der Waals surface area contributed by atoms with E-state index in [1.165, 1.54) is 4.90 Å². The molecule has 1 fully saturated rings. The van der Waals surface area contributed by atoms with E-state index in [-0.39, 0.29) is 6.54 Å². The van der Waals surface area contributed by atoms with E-state index in [1.54, 1.807) is 6.92 Å². The number of rotatable bonds is 9. The van der Waals surface area contributed by atoms with E-state index < -0.39 is 30.3 Å². The minimum Gasteiger partial charge on any atom is -0.489 e. The molecule has 31 heavy (non-hydrogen) atoms. The molecule has 2 aromatic carbocycles. The van der Waals surface area contributed by atoms with Crippen molar-refractivity contribution in [1.29, 1.82) is 0 Å². The number of carbonyl (C=O) groups is 4. The van der Waals surface area contributed by atoms with Gasteiger partial charge in [-0.2, -0.15) is 0 Å². The summed E-state index contributed by atoms with van der Waals surface area (Å²) in [5, 5.41) is 0. The fourth-order valence-corrected chi connectivity index (χ4v) is 3.23. The Hall–Kier alpha value is -3.68. The van der Waals surface area contributed by atoms with E-state index in [9.17, 15) is 19.2 Å². The molecule has 0 bridgehead atoms. The fraction of sp³-hybridized carbons (Fsp3) is 0.304. The first-order valence-electron chi connectivity index (χ1n) is 10.1. The van der Waals surface area contributed by atoms with Crippen LogP contribution in [0.3, 0.4) is 0 Å². The predicted molar refractivity (Wildman–Crippen MR) is 113 cm³/mol. The van der Waals surface area contributed by atoms with Crippen LogP contribution in [0.2, 0.25) is 0 Å². The highest BCUT2D eigenvalue weighted by molar-refractivity contribution is 6.45. The Bertz CT molecular complexity index is 959. The lowest BCUT2D eigenvalue weighted by Gasteiger charge is -2.23. The van der Waals surface area contributed by atoms with Crippen molar-refractivity contribution in [1.82, 2.24) is 14.7 Å². The maximum Gasteiger partial charge on any atom is 0.334 e. The van der Waals surface area contributed by atoms with Gasteiger partial charge in [-0.05, 0) is 37.1 Å². The summed E-state index contributed by atoms with van der Waals surface area (Å²) in [6.07, 6.45) is 0. The van der Waals surface area contributed by atoms with Crippen molar-refractivity contribution in [3.8, 4) is 5.75 Å². The third kappa shape index (κ3) is 5.09. The number of nitrogens with zero attached hydrogens (tertiary/aromatic N) is 3. The lowest BCUT2D eigenvalue weighted by Crippen LogP contribution is -2.43. The molecular formula is C23H25N3O5. The highest BCUT2D eigenvalue weighted by Gasteiger charge is 2.44. The maximum absolute atomic E-state index is 12.7. The van der Waals surface area contributed by atoms with Crippen molar-refractivity contribution in [3.63, 3.8) is 0 Å². The summed E-state index contributed by atoms with van der Waals surface area (Å²) in [6, 6.07) is 16.5. The Balaban J connectivity index is 1.57. The van der Waals surface area contributed by atoms with Gasteiger partial charge in [0, 0.05) is 19.6 Å². The molecule has 8 heteroatoms. The van der Waals surface area contributed by atoms with Crippen molar-refractivity contribution in [3.05, 3.63) is 65.7 Å². The normalized spacial score (nSPS) is 13.7. The van der Waals surface area contributed by atoms with Gasteiger partial charge in [0.15, 0.2) is 0 Å². The lowest BCUT2D eigenvalue weighted by molar-refractivity contribution is -0.144. The van der Waals surface area contributed by atoms with Crippen LogP contribution in [0.4, 0.5) is 4.79 Å². The van der Waals surface area contributed by atoms with Gasteiger partial charge in [0.25, 0.3) is 0 Å². The Morgan fingerprint density at radius 3 is 2.10 bits per heavy atom. The van der Waals surface area contributed by atoms with Crippen molar-refractivity contribution >= 4 is 23.8 Å². The average molecular weight is 423 g/mol. The van der Waals surface area contributed by atoms with E-state index in [1.807, 2.05) is 61.5 Å². The quantitative estimate of drug-likeness (QED) is 0.457. The molecule has 0 saturated carbocycles. The number of ether oxygens (including phenoxy) is 1. The molecule has 1 aliphatic heterocycles. The number of carbonyl (C=O) groups excluding carboxylic acids is 4. The first kappa shape index (κ1) is 22.0. The highest BCUT2D eigenvalue weighted by Crippen LogP contribution is 2.17. The molecule has 0 spiro atoms. The van der Waals surface area contributed by atoms with E-state index in [2.05, 4.69) is 0 Å². The molecule has 0 atom stereocenters. The largest absolute Gasteiger partial charge is 0.489 e. The standard InChI is InChI=1S/C23H25N3O5/c1-3-24(20(27)15-26-22(29)21(28)25(4-2)23(26)30)14-17-10-12-19(13-11-17)31-16-18-8-6-5-7-9-18/h5-13H,3-4,14-16H2,1-2H3. The molecule has 1 heterocycles. The summed E-state index contributed by atoms with van der Waals surface area (Å²) < 4.78 is 5.77. The van der Waals surface area contributed by atoms with Crippen LogP contribution in [0.1, 0.15) is 25.0 Å². The zero-order valence-corrected chi connectivity index (χ0v) is 17.6. The van der Waals surface area contributed by atoms with Gasteiger partial charge in [-0.3, -0.25) is 19.3 Å². The summed E-state index contributed by atoms with van der Waals surface area (Å²) in [4.78, 5) is 51.8. The first-order chi connectivity index (χ1) is 14.9. The second-order valence-electron chi connectivity index (χ2n) is 7.05. The molecule has 0 unspecified atom stereocenters. The molecule has 8 nitrogen and oxygen atoms in total. The number of hydrogen-bond acceptors (Lipinski definition) is 5. The summed E-state index contributed by atoms with van der Waals surface area (Å²) in [5.74, 6) is -1.54. The number of benzene rings is 2. The number of likely N-dealkylation sites (N-methyl/N-ethyl adjacent to an activating group) is 2. The molecular weight excluding hydrogens is 398 g/mol. The van der Waals surface area contributed by atoms with Crippen molar-refractivity contribution in [2.45, 2.75) is 27.0 Å². The summed E-state index contributed by atoms with van der Waals surface area (Å²) in [5.41, 5.74) is 1.95. The predicted octanol–water partition coefficient (Wildman–Crippen LogP) is 2.42. The van der Waals surface area contributed by atoms with Gasteiger partial charge < -0.3 is 9.64 Å². The summed E-state index contributed by atoms with van der Waals surface area (Å²) in [7, 11) is 0. The topological polar surface area (TPSA) is 87.2 Å². The van der Waals surface area contributed by atoms with Crippen LogP contribution < -0.4 is 4.74 Å². The molecule has 1 saturated heterocycles. The second-order valence-corrected chi connectivity index (χ2v) is 7.05. The van der Waals surface area contributed by atoms with Gasteiger partial charge >= 0.3 is 17.8 Å². The number of imide groups is 2. The molecule has 1 aliphatic rings. The molecule has 0 aliphatic carbocycles. The van der Waals surface area contributed by atoms with Crippen molar-refractivity contribution in [2.24, 2.45) is 0 Å². The molecule has 162 valence electrons. The molecule has 0 aromatic heterocycles. The number of hydrogen-bond donors (Lipinski definition) is 0. The van der Waals surface area contributed by atoms with Crippen LogP contribution in [-0.4, -0.2) is 58.1 Å².